The van der Waals surface area contributed by atoms with Gasteiger partial charge in [-0.15, -0.1) is 0 Å². The molecule has 0 radical (unpaired) electrons. The van der Waals surface area contributed by atoms with Gasteiger partial charge in [-0.25, -0.2) is 4.98 Å². The van der Waals surface area contributed by atoms with E-state index in [4.69, 9.17) is 5.73 Å². The van der Waals surface area contributed by atoms with E-state index in [-0.39, 0.29) is 0 Å². The van der Waals surface area contributed by atoms with Gasteiger partial charge in [0.15, 0.2) is 0 Å². The number of nitrogens with two attached hydrogens (primary N) is 1. The maximum Gasteiger partial charge on any atom is 0.147 e. The molecule has 4 heteroatoms. The Hall–Kier alpha value is -1.68. The van der Waals surface area contributed by atoms with E-state index in [0.717, 1.165) is 42.9 Å². The van der Waals surface area contributed by atoms with E-state index >= 15 is 0 Å². The molecule has 1 aromatic heterocycles. The van der Waals surface area contributed by atoms with Gasteiger partial charge >= 0.3 is 0 Å². The van der Waals surface area contributed by atoms with Crippen molar-refractivity contribution in [2.24, 2.45) is 11.7 Å². The summed E-state index contributed by atoms with van der Waals surface area (Å²) in [6.07, 6.45) is 3.02. The van der Waals surface area contributed by atoms with Crippen LogP contribution in [0.3, 0.4) is 0 Å². The molecular weight excluding hydrogens is 212 g/mol. The Morgan fingerprint density at radius 1 is 1.29 bits per heavy atom. The van der Waals surface area contributed by atoms with Crippen LogP contribution < -0.4 is 10.6 Å². The molecule has 4 nitrogen and oxygen atoms in total. The Morgan fingerprint density at radius 2 is 2.12 bits per heavy atom. The molecule has 88 valence electrons. The first-order valence-electron chi connectivity index (χ1n) is 6.03. The van der Waals surface area contributed by atoms with Crippen LogP contribution in [0.15, 0.2) is 30.5 Å². The second-order valence-electron chi connectivity index (χ2n) is 4.55. The van der Waals surface area contributed by atoms with E-state index < -0.39 is 0 Å². The Kier molecular flexibility index (Phi) is 2.65. The van der Waals surface area contributed by atoms with E-state index in [1.807, 2.05) is 30.5 Å². The third-order valence-corrected chi connectivity index (χ3v) is 3.38. The zero-order valence-corrected chi connectivity index (χ0v) is 9.71. The molecule has 1 aromatic carbocycles. The average molecular weight is 228 g/mol. The largest absolute Gasteiger partial charge is 0.355 e. The van der Waals surface area contributed by atoms with Crippen molar-refractivity contribution >= 4 is 16.9 Å². The quantitative estimate of drug-likeness (QED) is 0.844. The van der Waals surface area contributed by atoms with Crippen LogP contribution in [0.25, 0.3) is 11.0 Å². The van der Waals surface area contributed by atoms with Gasteiger partial charge in [-0.3, -0.25) is 4.98 Å². The fourth-order valence-corrected chi connectivity index (χ4v) is 2.33. The first kappa shape index (κ1) is 10.5. The lowest BCUT2D eigenvalue weighted by Gasteiger charge is -2.17. The highest BCUT2D eigenvalue weighted by atomic mass is 15.2. The fraction of sp³-hybridized carbons (Fsp3) is 0.385. The molecule has 0 unspecified atom stereocenters. The summed E-state index contributed by atoms with van der Waals surface area (Å²) in [5.41, 5.74) is 7.61. The minimum atomic E-state index is 0.600. The van der Waals surface area contributed by atoms with E-state index in [1.54, 1.807) is 0 Å². The Balaban J connectivity index is 1.91. The molecule has 1 aliphatic heterocycles. The summed E-state index contributed by atoms with van der Waals surface area (Å²) in [5.74, 6) is 1.57. The maximum atomic E-state index is 5.70. The highest BCUT2D eigenvalue weighted by Crippen LogP contribution is 2.22. The van der Waals surface area contributed by atoms with Gasteiger partial charge in [0.05, 0.1) is 17.2 Å². The van der Waals surface area contributed by atoms with Gasteiger partial charge in [0.2, 0.25) is 0 Å². The fourth-order valence-electron chi connectivity index (χ4n) is 2.33. The van der Waals surface area contributed by atoms with Crippen molar-refractivity contribution in [3.63, 3.8) is 0 Å². The van der Waals surface area contributed by atoms with Gasteiger partial charge in [0.1, 0.15) is 5.82 Å². The van der Waals surface area contributed by atoms with Gasteiger partial charge in [-0.05, 0) is 31.0 Å². The van der Waals surface area contributed by atoms with Crippen LogP contribution in [-0.4, -0.2) is 29.6 Å². The second-order valence-corrected chi connectivity index (χ2v) is 4.55. The minimum absolute atomic E-state index is 0.600. The third kappa shape index (κ3) is 1.96. The van der Waals surface area contributed by atoms with Crippen LogP contribution in [0.4, 0.5) is 5.82 Å². The molecule has 17 heavy (non-hydrogen) atoms. The molecule has 3 rings (SSSR count). The number of hydrogen-bond acceptors (Lipinski definition) is 4. The van der Waals surface area contributed by atoms with Crippen molar-refractivity contribution in [1.82, 2.24) is 9.97 Å². The number of benzene rings is 1. The summed E-state index contributed by atoms with van der Waals surface area (Å²) in [6.45, 7) is 2.80. The number of rotatable bonds is 2. The molecule has 1 saturated heterocycles. The lowest BCUT2D eigenvalue weighted by molar-refractivity contribution is 0.602. The SMILES string of the molecule is NC[C@H]1CCN(c2cnc3ccccc3n2)C1. The van der Waals surface area contributed by atoms with Gasteiger partial charge < -0.3 is 10.6 Å². The second kappa shape index (κ2) is 4.30. The summed E-state index contributed by atoms with van der Waals surface area (Å²) in [6, 6.07) is 7.96. The summed E-state index contributed by atoms with van der Waals surface area (Å²) in [5, 5.41) is 0. The number of hydrogen-bond donors (Lipinski definition) is 1. The smallest absolute Gasteiger partial charge is 0.147 e. The zero-order valence-electron chi connectivity index (χ0n) is 9.71. The normalized spacial score (nSPS) is 20.1. The lowest BCUT2D eigenvalue weighted by Crippen LogP contribution is -2.23. The Morgan fingerprint density at radius 3 is 2.88 bits per heavy atom. The van der Waals surface area contributed by atoms with Crippen LogP contribution in [0.5, 0.6) is 0 Å². The Labute approximate surface area is 100 Å². The molecule has 2 N–H and O–H groups in total. The van der Waals surface area contributed by atoms with Crippen LogP contribution >= 0.6 is 0 Å². The van der Waals surface area contributed by atoms with Crippen molar-refractivity contribution in [3.8, 4) is 0 Å². The van der Waals surface area contributed by atoms with E-state index in [9.17, 15) is 0 Å². The molecule has 1 atom stereocenters. The molecule has 2 heterocycles. The summed E-state index contributed by atoms with van der Waals surface area (Å²) >= 11 is 0. The van der Waals surface area contributed by atoms with Gasteiger partial charge in [0.25, 0.3) is 0 Å². The monoisotopic (exact) mass is 228 g/mol. The standard InChI is InChI=1S/C13H16N4/c14-7-10-5-6-17(9-10)13-8-15-11-3-1-2-4-12(11)16-13/h1-4,8,10H,5-7,9,14H2/t10-/m1/s1. The number of para-hydroxylation sites is 2. The average Bonchev–Trinajstić information content (AvgIpc) is 2.87. The predicted octanol–water partition coefficient (Wildman–Crippen LogP) is 1.41. The lowest BCUT2D eigenvalue weighted by atomic mass is 10.1. The summed E-state index contributed by atoms with van der Waals surface area (Å²) < 4.78 is 0. The third-order valence-electron chi connectivity index (χ3n) is 3.38. The van der Waals surface area contributed by atoms with Gasteiger partial charge in [-0.2, -0.15) is 0 Å². The zero-order chi connectivity index (χ0) is 11.7. The number of anilines is 1. The van der Waals surface area contributed by atoms with Crippen LogP contribution in [0.2, 0.25) is 0 Å². The van der Waals surface area contributed by atoms with E-state index in [2.05, 4.69) is 14.9 Å². The molecule has 2 aromatic rings. The summed E-state index contributed by atoms with van der Waals surface area (Å²) in [7, 11) is 0. The van der Waals surface area contributed by atoms with Gasteiger partial charge in [-0.1, -0.05) is 12.1 Å². The molecular formula is C13H16N4. The minimum Gasteiger partial charge on any atom is -0.355 e. The van der Waals surface area contributed by atoms with Crippen molar-refractivity contribution in [2.75, 3.05) is 24.5 Å². The molecule has 1 fully saturated rings. The molecule has 0 bridgehead atoms. The number of aromatic nitrogens is 2. The number of fused-ring (bicyclic) bond motifs is 1. The summed E-state index contributed by atoms with van der Waals surface area (Å²) in [4.78, 5) is 11.4. The number of nitrogens with zero attached hydrogens (tertiary/aromatic N) is 3. The van der Waals surface area contributed by atoms with E-state index in [0.29, 0.717) is 5.92 Å². The first-order chi connectivity index (χ1) is 8.36. The van der Waals surface area contributed by atoms with E-state index in [1.165, 1.54) is 0 Å². The van der Waals surface area contributed by atoms with Gasteiger partial charge in [0, 0.05) is 13.1 Å². The van der Waals surface area contributed by atoms with Crippen LogP contribution in [0.1, 0.15) is 6.42 Å². The van der Waals surface area contributed by atoms with Crippen LogP contribution in [0, 0.1) is 5.92 Å². The topological polar surface area (TPSA) is 55.0 Å². The molecule has 0 saturated carbocycles. The highest BCUT2D eigenvalue weighted by molar-refractivity contribution is 5.75. The molecule has 0 aliphatic carbocycles. The maximum absolute atomic E-state index is 5.70. The molecule has 0 spiro atoms. The highest BCUT2D eigenvalue weighted by Gasteiger charge is 2.22. The predicted molar refractivity (Wildman–Crippen MR) is 68.9 cm³/mol. The van der Waals surface area contributed by atoms with Crippen molar-refractivity contribution in [1.29, 1.82) is 0 Å². The molecule has 0 amide bonds. The Bertz CT molecular complexity index is 526. The first-order valence-corrected chi connectivity index (χ1v) is 6.03. The molecule has 1 aliphatic rings. The van der Waals surface area contributed by atoms with Crippen molar-refractivity contribution in [3.05, 3.63) is 30.5 Å². The van der Waals surface area contributed by atoms with Crippen LogP contribution in [-0.2, 0) is 0 Å². The van der Waals surface area contributed by atoms with Crippen molar-refractivity contribution in [2.45, 2.75) is 6.42 Å². The van der Waals surface area contributed by atoms with Crippen molar-refractivity contribution < 1.29 is 0 Å².